The molecule has 3 heterocycles. The third-order valence-electron chi connectivity index (χ3n) is 3.38. The first-order chi connectivity index (χ1) is 7.65. The SMILES string of the molecule is Cc1cc(N2C[C@@H]3C[C@H]2CN3C(=O)O)sn1. The topological polar surface area (TPSA) is 56.7 Å². The molecule has 1 aromatic heterocycles. The van der Waals surface area contributed by atoms with Gasteiger partial charge >= 0.3 is 6.09 Å². The molecular formula is C10H13N3O2S. The number of carboxylic acid groups (broad SMARTS) is 1. The van der Waals surface area contributed by atoms with Gasteiger partial charge in [0, 0.05) is 19.1 Å². The minimum Gasteiger partial charge on any atom is -0.465 e. The van der Waals surface area contributed by atoms with Gasteiger partial charge in [0.05, 0.1) is 11.7 Å². The molecule has 0 radical (unpaired) electrons. The van der Waals surface area contributed by atoms with Gasteiger partial charge < -0.3 is 14.9 Å². The fourth-order valence-corrected chi connectivity index (χ4v) is 3.50. The zero-order valence-electron chi connectivity index (χ0n) is 8.96. The van der Waals surface area contributed by atoms with Crippen molar-refractivity contribution in [1.82, 2.24) is 9.27 Å². The molecule has 1 aromatic rings. The van der Waals surface area contributed by atoms with Crippen LogP contribution in [0, 0.1) is 6.92 Å². The van der Waals surface area contributed by atoms with Gasteiger partial charge in [-0.1, -0.05) is 0 Å². The number of aryl methyl sites for hydroxylation is 1. The summed E-state index contributed by atoms with van der Waals surface area (Å²) in [6.45, 7) is 3.44. The highest BCUT2D eigenvalue weighted by Gasteiger charge is 2.45. The van der Waals surface area contributed by atoms with Gasteiger partial charge in [-0.15, -0.1) is 0 Å². The lowest BCUT2D eigenvalue weighted by Gasteiger charge is -2.32. The van der Waals surface area contributed by atoms with Gasteiger partial charge in [0.1, 0.15) is 5.00 Å². The van der Waals surface area contributed by atoms with Gasteiger partial charge in [-0.25, -0.2) is 4.79 Å². The predicted molar refractivity (Wildman–Crippen MR) is 61.1 cm³/mol. The lowest BCUT2D eigenvalue weighted by Crippen LogP contribution is -2.48. The van der Waals surface area contributed by atoms with E-state index in [-0.39, 0.29) is 6.04 Å². The highest BCUT2D eigenvalue weighted by Crippen LogP contribution is 2.36. The van der Waals surface area contributed by atoms with E-state index in [9.17, 15) is 4.79 Å². The molecule has 2 bridgehead atoms. The summed E-state index contributed by atoms with van der Waals surface area (Å²) in [6.07, 6.45) is 0.177. The molecule has 2 saturated heterocycles. The molecule has 0 saturated carbocycles. The van der Waals surface area contributed by atoms with E-state index >= 15 is 0 Å². The number of fused-ring (bicyclic) bond motifs is 2. The molecule has 2 atom stereocenters. The number of piperazine rings is 1. The first-order valence-electron chi connectivity index (χ1n) is 5.34. The second-order valence-electron chi connectivity index (χ2n) is 4.44. The molecule has 1 amide bonds. The van der Waals surface area contributed by atoms with E-state index in [0.29, 0.717) is 12.6 Å². The van der Waals surface area contributed by atoms with Crippen LogP contribution in [-0.4, -0.2) is 45.6 Å². The zero-order valence-corrected chi connectivity index (χ0v) is 9.78. The van der Waals surface area contributed by atoms with Crippen LogP contribution in [0.5, 0.6) is 0 Å². The Balaban J connectivity index is 1.78. The molecule has 0 spiro atoms. The normalized spacial score (nSPS) is 27.8. The maximum Gasteiger partial charge on any atom is 0.407 e. The average Bonchev–Trinajstić information content (AvgIpc) is 2.89. The van der Waals surface area contributed by atoms with Crippen molar-refractivity contribution in [2.75, 3.05) is 18.0 Å². The zero-order chi connectivity index (χ0) is 11.3. The Morgan fingerprint density at radius 2 is 2.38 bits per heavy atom. The second-order valence-corrected chi connectivity index (χ2v) is 5.22. The Hall–Kier alpha value is -1.30. The highest BCUT2D eigenvalue weighted by atomic mass is 32.1. The Bertz CT molecular complexity index is 433. The number of rotatable bonds is 1. The van der Waals surface area contributed by atoms with Crippen molar-refractivity contribution in [3.8, 4) is 0 Å². The third-order valence-corrected chi connectivity index (χ3v) is 4.30. The van der Waals surface area contributed by atoms with Crippen molar-refractivity contribution in [2.24, 2.45) is 0 Å². The minimum absolute atomic E-state index is 0.171. The first-order valence-corrected chi connectivity index (χ1v) is 6.12. The van der Waals surface area contributed by atoms with Crippen LogP contribution < -0.4 is 4.90 Å². The Morgan fingerprint density at radius 1 is 1.56 bits per heavy atom. The Kier molecular flexibility index (Phi) is 2.07. The maximum absolute atomic E-state index is 10.9. The molecule has 0 aliphatic carbocycles. The largest absolute Gasteiger partial charge is 0.465 e. The van der Waals surface area contributed by atoms with Crippen LogP contribution in [0.25, 0.3) is 0 Å². The van der Waals surface area contributed by atoms with Crippen molar-refractivity contribution >= 4 is 22.6 Å². The lowest BCUT2D eigenvalue weighted by molar-refractivity contribution is 0.137. The van der Waals surface area contributed by atoms with E-state index in [1.165, 1.54) is 16.5 Å². The molecule has 1 N–H and O–H groups in total. The molecule has 2 aliphatic rings. The fourth-order valence-electron chi connectivity index (χ4n) is 2.66. The van der Waals surface area contributed by atoms with E-state index in [4.69, 9.17) is 5.11 Å². The Labute approximate surface area is 97.5 Å². The van der Waals surface area contributed by atoms with Gasteiger partial charge in [-0.2, -0.15) is 4.37 Å². The summed E-state index contributed by atoms with van der Waals surface area (Å²) in [7, 11) is 0. The summed E-state index contributed by atoms with van der Waals surface area (Å²) >= 11 is 1.51. The molecule has 16 heavy (non-hydrogen) atoms. The monoisotopic (exact) mass is 239 g/mol. The van der Waals surface area contributed by atoms with Gasteiger partial charge in [-0.3, -0.25) is 0 Å². The summed E-state index contributed by atoms with van der Waals surface area (Å²) in [5, 5.41) is 10.2. The average molecular weight is 239 g/mol. The van der Waals surface area contributed by atoms with Gasteiger partial charge in [0.25, 0.3) is 0 Å². The quantitative estimate of drug-likeness (QED) is 0.804. The van der Waals surface area contributed by atoms with Gasteiger partial charge in [0.2, 0.25) is 0 Å². The number of hydrogen-bond donors (Lipinski definition) is 1. The minimum atomic E-state index is -0.785. The van der Waals surface area contributed by atoms with Crippen molar-refractivity contribution in [2.45, 2.75) is 25.4 Å². The van der Waals surface area contributed by atoms with Crippen molar-refractivity contribution < 1.29 is 9.90 Å². The number of hydrogen-bond acceptors (Lipinski definition) is 4. The van der Waals surface area contributed by atoms with Crippen molar-refractivity contribution in [3.63, 3.8) is 0 Å². The number of aromatic nitrogens is 1. The van der Waals surface area contributed by atoms with Crippen molar-refractivity contribution in [1.29, 1.82) is 0 Å². The summed E-state index contributed by atoms with van der Waals surface area (Å²) in [6, 6.07) is 2.60. The van der Waals surface area contributed by atoms with E-state index in [1.54, 1.807) is 4.90 Å². The number of nitrogens with zero attached hydrogens (tertiary/aromatic N) is 3. The van der Waals surface area contributed by atoms with E-state index in [0.717, 1.165) is 18.7 Å². The van der Waals surface area contributed by atoms with E-state index < -0.39 is 6.09 Å². The number of amides is 1. The first kappa shape index (κ1) is 9.89. The maximum atomic E-state index is 10.9. The predicted octanol–water partition coefficient (Wildman–Crippen LogP) is 1.39. The fraction of sp³-hybridized carbons (Fsp3) is 0.600. The van der Waals surface area contributed by atoms with Crippen LogP contribution in [0.15, 0.2) is 6.07 Å². The number of likely N-dealkylation sites (tertiary alicyclic amines) is 1. The second kappa shape index (κ2) is 3.35. The molecule has 5 nitrogen and oxygen atoms in total. The van der Waals surface area contributed by atoms with Crippen LogP contribution in [0.1, 0.15) is 12.1 Å². The smallest absolute Gasteiger partial charge is 0.407 e. The number of carbonyl (C=O) groups is 1. The summed E-state index contributed by atoms with van der Waals surface area (Å²) in [5.41, 5.74) is 1.04. The van der Waals surface area contributed by atoms with Crippen LogP contribution in [0.4, 0.5) is 9.80 Å². The Morgan fingerprint density at radius 3 is 2.88 bits per heavy atom. The lowest BCUT2D eigenvalue weighted by atomic mass is 10.2. The van der Waals surface area contributed by atoms with Gasteiger partial charge in [0.15, 0.2) is 0 Å². The summed E-state index contributed by atoms with van der Waals surface area (Å²) in [4.78, 5) is 14.8. The van der Waals surface area contributed by atoms with Crippen molar-refractivity contribution in [3.05, 3.63) is 11.8 Å². The third kappa shape index (κ3) is 1.36. The highest BCUT2D eigenvalue weighted by molar-refractivity contribution is 7.10. The molecule has 3 rings (SSSR count). The van der Waals surface area contributed by atoms with Crippen LogP contribution in [0.3, 0.4) is 0 Å². The van der Waals surface area contributed by atoms with Crippen LogP contribution >= 0.6 is 11.5 Å². The molecule has 0 unspecified atom stereocenters. The summed E-state index contributed by atoms with van der Waals surface area (Å²) < 4.78 is 4.27. The molecular weight excluding hydrogens is 226 g/mol. The molecule has 6 heteroatoms. The molecule has 0 aromatic carbocycles. The molecule has 2 aliphatic heterocycles. The standard InChI is InChI=1S/C10H13N3O2S/c1-6-2-9(16-11-6)12-4-8-3-7(12)5-13(8)10(14)15/h2,7-8H,3-5H2,1H3,(H,14,15)/t7-,8-/m0/s1. The van der Waals surface area contributed by atoms with E-state index in [1.807, 2.05) is 6.92 Å². The number of anilines is 1. The van der Waals surface area contributed by atoms with E-state index in [2.05, 4.69) is 15.3 Å². The molecule has 2 fully saturated rings. The molecule has 86 valence electrons. The van der Waals surface area contributed by atoms with Crippen LogP contribution in [-0.2, 0) is 0 Å². The van der Waals surface area contributed by atoms with Gasteiger partial charge in [-0.05, 0) is 30.9 Å². The van der Waals surface area contributed by atoms with Crippen LogP contribution in [0.2, 0.25) is 0 Å². The summed E-state index contributed by atoms with van der Waals surface area (Å²) in [5.74, 6) is 0.